The molecule has 0 spiro atoms. The van der Waals surface area contributed by atoms with Gasteiger partial charge in [-0.25, -0.2) is 0 Å². The summed E-state index contributed by atoms with van der Waals surface area (Å²) in [6.07, 6.45) is 6.85. The van der Waals surface area contributed by atoms with E-state index in [4.69, 9.17) is 16.3 Å². The quantitative estimate of drug-likeness (QED) is 0.425. The molecular formula is C30H40ClN3O3. The number of rotatable bonds is 10. The SMILES string of the molecule is CN(Cc1ccccc1)C(=O)C[C@@]1(COc2cccc(Cl)c2)CCCN(C(=O)CN(C)C2CCCC2)C1. The molecule has 0 radical (unpaired) electrons. The molecular weight excluding hydrogens is 486 g/mol. The molecule has 2 aromatic carbocycles. The van der Waals surface area contributed by atoms with E-state index in [2.05, 4.69) is 11.9 Å². The summed E-state index contributed by atoms with van der Waals surface area (Å²) < 4.78 is 6.22. The third-order valence-electron chi connectivity index (χ3n) is 7.90. The molecule has 2 amide bonds. The van der Waals surface area contributed by atoms with Gasteiger partial charge in [-0.15, -0.1) is 0 Å². The summed E-state index contributed by atoms with van der Waals surface area (Å²) in [5, 5.41) is 0.612. The van der Waals surface area contributed by atoms with E-state index in [1.54, 1.807) is 11.0 Å². The van der Waals surface area contributed by atoms with Crippen LogP contribution in [0, 0.1) is 5.41 Å². The van der Waals surface area contributed by atoms with Gasteiger partial charge in [0.05, 0.1) is 13.2 Å². The van der Waals surface area contributed by atoms with Crippen molar-refractivity contribution >= 4 is 23.4 Å². The van der Waals surface area contributed by atoms with Gasteiger partial charge in [-0.1, -0.05) is 60.8 Å². The van der Waals surface area contributed by atoms with Crippen LogP contribution in [-0.2, 0) is 16.1 Å². The fourth-order valence-corrected chi connectivity index (χ4v) is 5.90. The Hall–Kier alpha value is -2.57. The van der Waals surface area contributed by atoms with Crippen molar-refractivity contribution in [1.29, 1.82) is 0 Å². The molecule has 0 N–H and O–H groups in total. The Kier molecular flexibility index (Phi) is 9.49. The van der Waals surface area contributed by atoms with Gasteiger partial charge < -0.3 is 14.5 Å². The van der Waals surface area contributed by atoms with Crippen LogP contribution in [0.15, 0.2) is 54.6 Å². The number of ether oxygens (including phenoxy) is 1. The first-order chi connectivity index (χ1) is 17.8. The topological polar surface area (TPSA) is 53.1 Å². The number of carbonyl (C=O) groups is 2. The van der Waals surface area contributed by atoms with Crippen LogP contribution < -0.4 is 4.74 Å². The normalized spacial score (nSPS) is 20.3. The van der Waals surface area contributed by atoms with E-state index in [-0.39, 0.29) is 11.8 Å². The zero-order valence-electron chi connectivity index (χ0n) is 22.2. The van der Waals surface area contributed by atoms with Crippen molar-refractivity contribution in [2.75, 3.05) is 40.3 Å². The summed E-state index contributed by atoms with van der Waals surface area (Å²) in [6, 6.07) is 17.9. The largest absolute Gasteiger partial charge is 0.493 e. The molecule has 0 bridgehead atoms. The molecule has 1 heterocycles. The van der Waals surface area contributed by atoms with Crippen molar-refractivity contribution in [3.05, 3.63) is 65.2 Å². The molecule has 4 rings (SSSR count). The summed E-state index contributed by atoms with van der Waals surface area (Å²) in [5.41, 5.74) is 0.641. The average Bonchev–Trinajstić information content (AvgIpc) is 3.44. The fraction of sp³-hybridized carbons (Fsp3) is 0.533. The van der Waals surface area contributed by atoms with Crippen LogP contribution in [-0.4, -0.2) is 72.9 Å². The van der Waals surface area contributed by atoms with E-state index >= 15 is 0 Å². The lowest BCUT2D eigenvalue weighted by Crippen LogP contribution is -2.53. The summed E-state index contributed by atoms with van der Waals surface area (Å²) >= 11 is 6.17. The molecule has 2 aromatic rings. The van der Waals surface area contributed by atoms with E-state index in [9.17, 15) is 9.59 Å². The van der Waals surface area contributed by atoms with Crippen LogP contribution in [0.5, 0.6) is 5.75 Å². The average molecular weight is 526 g/mol. The van der Waals surface area contributed by atoms with Gasteiger partial charge in [0, 0.05) is 49.6 Å². The molecule has 1 saturated carbocycles. The highest BCUT2D eigenvalue weighted by atomic mass is 35.5. The van der Waals surface area contributed by atoms with Gasteiger partial charge in [-0.05, 0) is 56.5 Å². The van der Waals surface area contributed by atoms with Gasteiger partial charge in [0.2, 0.25) is 11.8 Å². The zero-order valence-corrected chi connectivity index (χ0v) is 23.0. The van der Waals surface area contributed by atoms with E-state index in [0.29, 0.717) is 49.5 Å². The second-order valence-corrected chi connectivity index (χ2v) is 11.4. The third-order valence-corrected chi connectivity index (χ3v) is 8.14. The minimum atomic E-state index is -0.454. The Morgan fingerprint density at radius 3 is 2.54 bits per heavy atom. The summed E-state index contributed by atoms with van der Waals surface area (Å²) in [7, 11) is 3.92. The number of halogens is 1. The predicted octanol–water partition coefficient (Wildman–Crippen LogP) is 5.25. The van der Waals surface area contributed by atoms with Crippen molar-refractivity contribution in [2.45, 2.75) is 57.5 Å². The van der Waals surface area contributed by atoms with Crippen LogP contribution in [0.1, 0.15) is 50.5 Å². The maximum atomic E-state index is 13.5. The molecule has 0 aromatic heterocycles. The van der Waals surface area contributed by atoms with Gasteiger partial charge in [0.25, 0.3) is 0 Å². The summed E-state index contributed by atoms with van der Waals surface area (Å²) in [4.78, 5) is 32.8. The number of nitrogens with zero attached hydrogens (tertiary/aromatic N) is 3. The highest BCUT2D eigenvalue weighted by molar-refractivity contribution is 6.30. The lowest BCUT2D eigenvalue weighted by Gasteiger charge is -2.43. The monoisotopic (exact) mass is 525 g/mol. The number of amides is 2. The molecule has 1 atom stereocenters. The first-order valence-electron chi connectivity index (χ1n) is 13.5. The van der Waals surface area contributed by atoms with E-state index in [0.717, 1.165) is 24.9 Å². The number of benzene rings is 2. The molecule has 1 aliphatic heterocycles. The Bertz CT molecular complexity index is 1040. The summed E-state index contributed by atoms with van der Waals surface area (Å²) in [6.45, 7) is 2.60. The molecule has 2 aliphatic rings. The van der Waals surface area contributed by atoms with Gasteiger partial charge in [0.1, 0.15) is 5.75 Å². The number of hydrogen-bond acceptors (Lipinski definition) is 4. The van der Waals surface area contributed by atoms with Crippen molar-refractivity contribution < 1.29 is 14.3 Å². The highest BCUT2D eigenvalue weighted by Crippen LogP contribution is 2.36. The number of likely N-dealkylation sites (N-methyl/N-ethyl adjacent to an activating group) is 1. The number of likely N-dealkylation sites (tertiary alicyclic amines) is 1. The van der Waals surface area contributed by atoms with Gasteiger partial charge >= 0.3 is 0 Å². The molecule has 0 unspecified atom stereocenters. The molecule has 7 heteroatoms. The second-order valence-electron chi connectivity index (χ2n) is 10.9. The first-order valence-corrected chi connectivity index (χ1v) is 13.9. The maximum Gasteiger partial charge on any atom is 0.236 e. The van der Waals surface area contributed by atoms with Crippen molar-refractivity contribution in [1.82, 2.24) is 14.7 Å². The predicted molar refractivity (Wildman–Crippen MR) is 148 cm³/mol. The maximum absolute atomic E-state index is 13.5. The Morgan fingerprint density at radius 1 is 1.05 bits per heavy atom. The highest BCUT2D eigenvalue weighted by Gasteiger charge is 2.41. The zero-order chi connectivity index (χ0) is 26.3. The number of hydrogen-bond donors (Lipinski definition) is 0. The van der Waals surface area contributed by atoms with Crippen LogP contribution in [0.2, 0.25) is 5.02 Å². The molecule has 6 nitrogen and oxygen atoms in total. The van der Waals surface area contributed by atoms with Crippen LogP contribution >= 0.6 is 11.6 Å². The lowest BCUT2D eigenvalue weighted by atomic mass is 9.77. The number of piperidine rings is 1. The minimum absolute atomic E-state index is 0.0657. The standard InChI is InChI=1S/C30H40ClN3O3/c1-32(26-13-6-7-14-26)21-29(36)34-17-9-16-30(22-34,23-37-27-15-8-12-25(31)18-27)19-28(35)33(2)20-24-10-4-3-5-11-24/h3-5,8,10-12,15,18,26H,6-7,9,13-14,16-17,19-23H2,1-2H3/t30-/m0/s1. The fourth-order valence-electron chi connectivity index (χ4n) is 5.72. The third kappa shape index (κ3) is 7.71. The van der Waals surface area contributed by atoms with Crippen molar-refractivity contribution in [2.24, 2.45) is 5.41 Å². The minimum Gasteiger partial charge on any atom is -0.493 e. The lowest BCUT2D eigenvalue weighted by molar-refractivity contribution is -0.142. The Labute approximate surface area is 226 Å². The summed E-state index contributed by atoms with van der Waals surface area (Å²) in [5.74, 6) is 0.892. The molecule has 1 saturated heterocycles. The molecule has 1 aliphatic carbocycles. The number of carbonyl (C=O) groups excluding carboxylic acids is 2. The van der Waals surface area contributed by atoms with Crippen LogP contribution in [0.3, 0.4) is 0 Å². The van der Waals surface area contributed by atoms with Crippen molar-refractivity contribution in [3.8, 4) is 5.75 Å². The molecule has 200 valence electrons. The van der Waals surface area contributed by atoms with Gasteiger partial charge in [-0.3, -0.25) is 14.5 Å². The van der Waals surface area contributed by atoms with Crippen LogP contribution in [0.25, 0.3) is 0 Å². The Balaban J connectivity index is 1.46. The Morgan fingerprint density at radius 2 is 1.81 bits per heavy atom. The van der Waals surface area contributed by atoms with E-state index in [1.807, 2.05) is 60.5 Å². The molecule has 37 heavy (non-hydrogen) atoms. The molecule has 2 fully saturated rings. The van der Waals surface area contributed by atoms with Crippen molar-refractivity contribution in [3.63, 3.8) is 0 Å². The first kappa shape index (κ1) is 27.5. The van der Waals surface area contributed by atoms with Crippen LogP contribution in [0.4, 0.5) is 0 Å². The van der Waals surface area contributed by atoms with E-state index in [1.165, 1.54) is 25.7 Å². The van der Waals surface area contributed by atoms with Gasteiger partial charge in [0.15, 0.2) is 0 Å². The van der Waals surface area contributed by atoms with E-state index < -0.39 is 5.41 Å². The smallest absolute Gasteiger partial charge is 0.236 e. The van der Waals surface area contributed by atoms with Gasteiger partial charge in [-0.2, -0.15) is 0 Å². The second kappa shape index (κ2) is 12.8.